The summed E-state index contributed by atoms with van der Waals surface area (Å²) in [6.45, 7) is -0.603. The first-order chi connectivity index (χ1) is 16.9. The average molecular weight is 489 g/mol. The molecule has 0 aliphatic carbocycles. The van der Waals surface area contributed by atoms with Gasteiger partial charge in [0.15, 0.2) is 29.1 Å². The number of hydrogen-bond acceptors (Lipinski definition) is 9. The number of rotatable bonds is 5. The van der Waals surface area contributed by atoms with E-state index in [1.165, 1.54) is 17.2 Å². The van der Waals surface area contributed by atoms with Gasteiger partial charge in [0.05, 0.1) is 12.8 Å². The second kappa shape index (κ2) is 9.14. The highest BCUT2D eigenvalue weighted by atomic mass is 19.2. The lowest BCUT2D eigenvalue weighted by Crippen LogP contribution is -2.53. The van der Waals surface area contributed by atoms with Gasteiger partial charge in [0.1, 0.15) is 42.5 Å². The maximum Gasteiger partial charge on any atom is 0.194 e. The number of aromatic nitrogens is 7. The summed E-state index contributed by atoms with van der Waals surface area (Å²) in [6, 6.07) is 5.38. The van der Waals surface area contributed by atoms with Crippen LogP contribution in [-0.4, -0.2) is 75.0 Å². The summed E-state index contributed by atoms with van der Waals surface area (Å²) in [5, 5.41) is 43.6. The summed E-state index contributed by atoms with van der Waals surface area (Å²) in [5.41, 5.74) is -0.142. The van der Waals surface area contributed by atoms with Crippen LogP contribution in [0.1, 0.15) is 18.0 Å². The summed E-state index contributed by atoms with van der Waals surface area (Å²) in [7, 11) is 0. The normalized spacial score (nSPS) is 24.6. The number of benzene rings is 1. The van der Waals surface area contributed by atoms with Crippen LogP contribution in [0, 0.1) is 17.5 Å². The molecule has 0 spiro atoms. The molecule has 14 heteroatoms. The molecule has 0 radical (unpaired) electrons. The molecule has 1 aromatic carbocycles. The fourth-order valence-electron chi connectivity index (χ4n) is 3.99. The molecule has 0 unspecified atom stereocenters. The van der Waals surface area contributed by atoms with E-state index < -0.39 is 54.5 Å². The topological polar surface area (TPSA) is 144 Å². The fraction of sp³-hybridized carbons (Fsp3) is 0.286. The van der Waals surface area contributed by atoms with Gasteiger partial charge in [-0.05, 0) is 24.3 Å². The Morgan fingerprint density at radius 3 is 2.49 bits per heavy atom. The monoisotopic (exact) mass is 489 g/mol. The minimum Gasteiger partial charge on any atom is -0.394 e. The lowest BCUT2D eigenvalue weighted by Gasteiger charge is -2.41. The van der Waals surface area contributed by atoms with Crippen LogP contribution in [-0.2, 0) is 4.74 Å². The second-order valence-corrected chi connectivity index (χ2v) is 7.81. The van der Waals surface area contributed by atoms with Crippen molar-refractivity contribution < 1.29 is 33.2 Å². The van der Waals surface area contributed by atoms with E-state index in [1.807, 2.05) is 0 Å². The Hall–Kier alpha value is -3.72. The maximum absolute atomic E-state index is 13.7. The van der Waals surface area contributed by atoms with Crippen molar-refractivity contribution >= 4 is 0 Å². The molecule has 0 saturated carbocycles. The first-order valence-electron chi connectivity index (χ1n) is 10.4. The van der Waals surface area contributed by atoms with Crippen molar-refractivity contribution in [2.75, 3.05) is 6.61 Å². The quantitative estimate of drug-likeness (QED) is 0.346. The van der Waals surface area contributed by atoms with Crippen molar-refractivity contribution in [1.29, 1.82) is 0 Å². The van der Waals surface area contributed by atoms with Gasteiger partial charge in [-0.25, -0.2) is 27.8 Å². The van der Waals surface area contributed by atoms with Crippen molar-refractivity contribution in [3.8, 4) is 17.1 Å². The second-order valence-electron chi connectivity index (χ2n) is 7.81. The van der Waals surface area contributed by atoms with Crippen LogP contribution in [0.3, 0.4) is 0 Å². The highest BCUT2D eigenvalue weighted by Gasteiger charge is 2.48. The number of halogens is 3. The summed E-state index contributed by atoms with van der Waals surface area (Å²) in [5.74, 6) is -3.90. The summed E-state index contributed by atoms with van der Waals surface area (Å²) in [4.78, 5) is 8.37. The van der Waals surface area contributed by atoms with Crippen molar-refractivity contribution in [2.24, 2.45) is 0 Å². The molecule has 35 heavy (non-hydrogen) atoms. The number of aliphatic hydroxyl groups excluding tert-OH is 3. The molecule has 1 aliphatic heterocycles. The Labute approximate surface area is 195 Å². The molecular formula is C21H18F3N7O4. The highest BCUT2D eigenvalue weighted by Crippen LogP contribution is 2.38. The third kappa shape index (κ3) is 4.05. The van der Waals surface area contributed by atoms with Crippen LogP contribution in [0.2, 0.25) is 0 Å². The van der Waals surface area contributed by atoms with Crippen molar-refractivity contribution in [3.63, 3.8) is 0 Å². The molecular weight excluding hydrogens is 471 g/mol. The Morgan fingerprint density at radius 2 is 1.80 bits per heavy atom. The predicted octanol–water partition coefficient (Wildman–Crippen LogP) is 0.733. The van der Waals surface area contributed by atoms with E-state index in [1.54, 1.807) is 24.4 Å². The molecule has 182 valence electrons. The molecule has 5 atom stereocenters. The van der Waals surface area contributed by atoms with Crippen LogP contribution in [0.15, 0.2) is 49.1 Å². The minimum atomic E-state index is -1.62. The molecule has 3 aromatic heterocycles. The number of ether oxygens (including phenoxy) is 1. The summed E-state index contributed by atoms with van der Waals surface area (Å²) in [6.07, 6.45) is -1.26. The first kappa shape index (κ1) is 23.0. The van der Waals surface area contributed by atoms with Gasteiger partial charge in [-0.15, -0.1) is 5.10 Å². The lowest BCUT2D eigenvalue weighted by molar-refractivity contribution is -0.210. The van der Waals surface area contributed by atoms with E-state index in [-0.39, 0.29) is 17.1 Å². The lowest BCUT2D eigenvalue weighted by atomic mass is 9.92. The Balaban J connectivity index is 1.51. The third-order valence-corrected chi connectivity index (χ3v) is 5.68. The van der Waals surface area contributed by atoms with Gasteiger partial charge in [0.2, 0.25) is 0 Å². The van der Waals surface area contributed by atoms with Crippen LogP contribution in [0.25, 0.3) is 17.1 Å². The van der Waals surface area contributed by atoms with Gasteiger partial charge in [-0.3, -0.25) is 0 Å². The van der Waals surface area contributed by atoms with E-state index in [0.717, 1.165) is 16.8 Å². The number of nitrogens with zero attached hydrogens (tertiary/aromatic N) is 7. The van der Waals surface area contributed by atoms with Crippen molar-refractivity contribution in [2.45, 2.75) is 30.5 Å². The highest BCUT2D eigenvalue weighted by molar-refractivity contribution is 5.57. The standard InChI is InChI=1S/C21H18F3N7O4/c22-11-5-10(6-12(23)16(11)24)13-7-30(29-28-13)17-18(33)14(8-32)35-20(19(17)34)21-26-9-27-31(21)15-3-1-2-4-25-15/h1-7,9,14,17-20,32-34H,8H2/t14-,17+,18+,19-,20-/m1/s1. The molecule has 3 N–H and O–H groups in total. The van der Waals surface area contributed by atoms with Crippen LogP contribution < -0.4 is 0 Å². The first-order valence-corrected chi connectivity index (χ1v) is 10.4. The molecule has 4 aromatic rings. The van der Waals surface area contributed by atoms with E-state index in [0.29, 0.717) is 5.82 Å². The largest absolute Gasteiger partial charge is 0.394 e. The van der Waals surface area contributed by atoms with Gasteiger partial charge < -0.3 is 20.1 Å². The van der Waals surface area contributed by atoms with E-state index in [9.17, 15) is 28.5 Å². The third-order valence-electron chi connectivity index (χ3n) is 5.68. The van der Waals surface area contributed by atoms with E-state index in [4.69, 9.17) is 4.74 Å². The summed E-state index contributed by atoms with van der Waals surface area (Å²) >= 11 is 0. The Morgan fingerprint density at radius 1 is 1.03 bits per heavy atom. The smallest absolute Gasteiger partial charge is 0.194 e. The van der Waals surface area contributed by atoms with Gasteiger partial charge in [0, 0.05) is 11.8 Å². The van der Waals surface area contributed by atoms with Crippen LogP contribution >= 0.6 is 0 Å². The van der Waals surface area contributed by atoms with Crippen molar-refractivity contribution in [3.05, 3.63) is 72.3 Å². The molecule has 4 heterocycles. The number of pyridine rings is 1. The van der Waals surface area contributed by atoms with Crippen molar-refractivity contribution in [1.82, 2.24) is 34.7 Å². The van der Waals surface area contributed by atoms with E-state index in [2.05, 4.69) is 25.4 Å². The maximum atomic E-state index is 13.7. The number of hydrogen-bond donors (Lipinski definition) is 3. The zero-order valence-electron chi connectivity index (χ0n) is 17.7. The Bertz CT molecular complexity index is 1310. The Kier molecular flexibility index (Phi) is 6.02. The number of aliphatic hydroxyl groups is 3. The predicted molar refractivity (Wildman–Crippen MR) is 110 cm³/mol. The minimum absolute atomic E-state index is 0.0394. The van der Waals surface area contributed by atoms with Gasteiger partial charge >= 0.3 is 0 Å². The van der Waals surface area contributed by atoms with Gasteiger partial charge in [-0.1, -0.05) is 11.3 Å². The fourth-order valence-corrected chi connectivity index (χ4v) is 3.99. The molecule has 5 rings (SSSR count). The van der Waals surface area contributed by atoms with Gasteiger partial charge in [-0.2, -0.15) is 9.78 Å². The van der Waals surface area contributed by atoms with Crippen LogP contribution in [0.5, 0.6) is 0 Å². The molecule has 1 aliphatic rings. The van der Waals surface area contributed by atoms with E-state index >= 15 is 0 Å². The molecule has 1 fully saturated rings. The summed E-state index contributed by atoms with van der Waals surface area (Å²) < 4.78 is 48.9. The zero-order chi connectivity index (χ0) is 24.7. The van der Waals surface area contributed by atoms with Gasteiger partial charge in [0.25, 0.3) is 0 Å². The molecule has 0 amide bonds. The molecule has 1 saturated heterocycles. The molecule has 11 nitrogen and oxygen atoms in total. The average Bonchev–Trinajstić information content (AvgIpc) is 3.54. The molecule has 0 bridgehead atoms. The zero-order valence-corrected chi connectivity index (χ0v) is 17.7. The SMILES string of the molecule is OC[C@H]1O[C@@H](c2ncnn2-c2ccccn2)[C@H](O)[C@@H](n2cc(-c3cc(F)c(F)c(F)c3)nn2)[C@H]1O. The van der Waals surface area contributed by atoms with Crippen LogP contribution in [0.4, 0.5) is 13.2 Å².